The molecular formula is C14H27N3O. The van der Waals surface area contributed by atoms with E-state index in [2.05, 4.69) is 24.0 Å². The monoisotopic (exact) mass is 253 g/mol. The molecule has 1 aromatic heterocycles. The Morgan fingerprint density at radius 1 is 0.889 bits per heavy atom. The highest BCUT2D eigenvalue weighted by Gasteiger charge is 2.08. The highest BCUT2D eigenvalue weighted by atomic mass is 16.3. The molecule has 0 bridgehead atoms. The quantitative estimate of drug-likeness (QED) is 0.652. The number of aromatic nitrogens is 3. The van der Waals surface area contributed by atoms with Crippen LogP contribution in [0.3, 0.4) is 0 Å². The van der Waals surface area contributed by atoms with Gasteiger partial charge in [0.2, 0.25) is 0 Å². The smallest absolute Gasteiger partial charge is 0.158 e. The van der Waals surface area contributed by atoms with Crippen LogP contribution < -0.4 is 0 Å². The van der Waals surface area contributed by atoms with E-state index in [0.29, 0.717) is 5.82 Å². The van der Waals surface area contributed by atoms with Crippen LogP contribution in [0.15, 0.2) is 0 Å². The van der Waals surface area contributed by atoms with E-state index in [0.717, 1.165) is 18.8 Å². The minimum atomic E-state index is -0.0160. The lowest BCUT2D eigenvalue weighted by atomic mass is 10.1. The van der Waals surface area contributed by atoms with Gasteiger partial charge in [-0.2, -0.15) is 0 Å². The fraction of sp³-hybridized carbons (Fsp3) is 0.857. The van der Waals surface area contributed by atoms with Crippen molar-refractivity contribution in [2.24, 2.45) is 0 Å². The Kier molecular flexibility index (Phi) is 7.65. The van der Waals surface area contributed by atoms with E-state index < -0.39 is 0 Å². The SMILES string of the molecule is CCCCCCCCCc1nnc(CO)n1CC. The Bertz CT molecular complexity index is 323. The zero-order valence-corrected chi connectivity index (χ0v) is 11.9. The van der Waals surface area contributed by atoms with E-state index in [1.807, 2.05) is 4.57 Å². The van der Waals surface area contributed by atoms with Gasteiger partial charge in [-0.25, -0.2) is 0 Å². The summed E-state index contributed by atoms with van der Waals surface area (Å²) in [6.45, 7) is 5.14. The number of unbranched alkanes of at least 4 members (excludes halogenated alkanes) is 6. The summed E-state index contributed by atoms with van der Waals surface area (Å²) in [5.41, 5.74) is 0. The predicted octanol–water partition coefficient (Wildman–Crippen LogP) is 3.08. The summed E-state index contributed by atoms with van der Waals surface area (Å²) in [5.74, 6) is 1.71. The molecule has 0 spiro atoms. The van der Waals surface area contributed by atoms with Crippen molar-refractivity contribution in [2.75, 3.05) is 0 Å². The molecule has 0 aromatic carbocycles. The van der Waals surface area contributed by atoms with Gasteiger partial charge >= 0.3 is 0 Å². The van der Waals surface area contributed by atoms with E-state index in [1.54, 1.807) is 0 Å². The highest BCUT2D eigenvalue weighted by molar-refractivity contribution is 4.94. The maximum atomic E-state index is 9.13. The lowest BCUT2D eigenvalue weighted by Gasteiger charge is -2.05. The topological polar surface area (TPSA) is 50.9 Å². The van der Waals surface area contributed by atoms with E-state index in [-0.39, 0.29) is 6.61 Å². The van der Waals surface area contributed by atoms with Gasteiger partial charge < -0.3 is 9.67 Å². The Labute approximate surface area is 110 Å². The number of hydrogen-bond acceptors (Lipinski definition) is 3. The third kappa shape index (κ3) is 4.77. The first kappa shape index (κ1) is 15.2. The van der Waals surface area contributed by atoms with Crippen LogP contribution in [-0.4, -0.2) is 19.9 Å². The third-order valence-corrected chi connectivity index (χ3v) is 3.37. The molecule has 0 unspecified atom stereocenters. The summed E-state index contributed by atoms with van der Waals surface area (Å²) >= 11 is 0. The van der Waals surface area contributed by atoms with Crippen LogP contribution in [0.5, 0.6) is 0 Å². The molecule has 4 heteroatoms. The average Bonchev–Trinajstić information content (AvgIpc) is 2.79. The summed E-state index contributed by atoms with van der Waals surface area (Å²) in [5, 5.41) is 17.3. The molecule has 1 aromatic rings. The van der Waals surface area contributed by atoms with Crippen molar-refractivity contribution < 1.29 is 5.11 Å². The molecule has 0 amide bonds. The fourth-order valence-electron chi connectivity index (χ4n) is 2.28. The van der Waals surface area contributed by atoms with Crippen molar-refractivity contribution in [3.8, 4) is 0 Å². The summed E-state index contributed by atoms with van der Waals surface area (Å²) in [4.78, 5) is 0. The standard InChI is InChI=1S/C14H27N3O/c1-3-5-6-7-8-9-10-11-13-15-16-14(12-18)17(13)4-2/h18H,3-12H2,1-2H3. The number of aliphatic hydroxyl groups excluding tert-OH is 1. The van der Waals surface area contributed by atoms with Crippen molar-refractivity contribution in [2.45, 2.75) is 78.4 Å². The summed E-state index contributed by atoms with van der Waals surface area (Å²) in [6.07, 6.45) is 10.2. The molecule has 0 aliphatic heterocycles. The van der Waals surface area contributed by atoms with Crippen molar-refractivity contribution >= 4 is 0 Å². The minimum absolute atomic E-state index is 0.0160. The second-order valence-electron chi connectivity index (χ2n) is 4.81. The Morgan fingerprint density at radius 3 is 2.11 bits per heavy atom. The summed E-state index contributed by atoms with van der Waals surface area (Å²) < 4.78 is 2.02. The maximum absolute atomic E-state index is 9.13. The van der Waals surface area contributed by atoms with E-state index in [4.69, 9.17) is 5.11 Å². The van der Waals surface area contributed by atoms with Crippen molar-refractivity contribution in [3.05, 3.63) is 11.6 Å². The molecule has 1 N–H and O–H groups in total. The molecule has 4 nitrogen and oxygen atoms in total. The molecule has 0 radical (unpaired) electrons. The molecular weight excluding hydrogens is 226 g/mol. The molecule has 18 heavy (non-hydrogen) atoms. The van der Waals surface area contributed by atoms with Crippen LogP contribution in [0, 0.1) is 0 Å². The second-order valence-corrected chi connectivity index (χ2v) is 4.81. The predicted molar refractivity (Wildman–Crippen MR) is 73.3 cm³/mol. The van der Waals surface area contributed by atoms with Crippen LogP contribution in [0.4, 0.5) is 0 Å². The zero-order chi connectivity index (χ0) is 13.2. The van der Waals surface area contributed by atoms with Gasteiger partial charge in [-0.05, 0) is 13.3 Å². The van der Waals surface area contributed by atoms with E-state index >= 15 is 0 Å². The van der Waals surface area contributed by atoms with E-state index in [1.165, 1.54) is 44.9 Å². The normalized spacial score (nSPS) is 11.1. The van der Waals surface area contributed by atoms with Crippen LogP contribution >= 0.6 is 0 Å². The third-order valence-electron chi connectivity index (χ3n) is 3.37. The second kappa shape index (κ2) is 9.09. The number of rotatable bonds is 10. The molecule has 0 saturated carbocycles. The van der Waals surface area contributed by atoms with Crippen LogP contribution in [0.1, 0.15) is 70.4 Å². The van der Waals surface area contributed by atoms with Gasteiger partial charge in [0.15, 0.2) is 5.82 Å². The van der Waals surface area contributed by atoms with Gasteiger partial charge in [-0.3, -0.25) is 0 Å². The molecule has 1 rings (SSSR count). The van der Waals surface area contributed by atoms with Crippen molar-refractivity contribution in [3.63, 3.8) is 0 Å². The zero-order valence-electron chi connectivity index (χ0n) is 11.9. The Hall–Kier alpha value is -0.900. The van der Waals surface area contributed by atoms with Gasteiger partial charge in [0, 0.05) is 13.0 Å². The van der Waals surface area contributed by atoms with Gasteiger partial charge in [-0.1, -0.05) is 45.4 Å². The van der Waals surface area contributed by atoms with Crippen molar-refractivity contribution in [1.29, 1.82) is 0 Å². The van der Waals surface area contributed by atoms with Gasteiger partial charge in [-0.15, -0.1) is 10.2 Å². The number of aliphatic hydroxyl groups is 1. The molecule has 0 aliphatic carbocycles. The van der Waals surface area contributed by atoms with Crippen molar-refractivity contribution in [1.82, 2.24) is 14.8 Å². The Balaban J connectivity index is 2.21. The lowest BCUT2D eigenvalue weighted by Crippen LogP contribution is -2.06. The first-order valence-corrected chi connectivity index (χ1v) is 7.35. The molecule has 0 fully saturated rings. The average molecular weight is 253 g/mol. The molecule has 104 valence electrons. The number of hydrogen-bond donors (Lipinski definition) is 1. The van der Waals surface area contributed by atoms with E-state index in [9.17, 15) is 0 Å². The molecule has 0 aliphatic rings. The first-order chi connectivity index (χ1) is 8.83. The largest absolute Gasteiger partial charge is 0.388 e. The minimum Gasteiger partial charge on any atom is -0.388 e. The molecule has 0 atom stereocenters. The van der Waals surface area contributed by atoms with Crippen LogP contribution in [-0.2, 0) is 19.6 Å². The maximum Gasteiger partial charge on any atom is 0.158 e. The van der Waals surface area contributed by atoms with Crippen LogP contribution in [0.2, 0.25) is 0 Å². The number of aryl methyl sites for hydroxylation is 1. The van der Waals surface area contributed by atoms with Gasteiger partial charge in [0.1, 0.15) is 12.4 Å². The highest BCUT2D eigenvalue weighted by Crippen LogP contribution is 2.10. The van der Waals surface area contributed by atoms with Crippen LogP contribution in [0.25, 0.3) is 0 Å². The molecule has 0 saturated heterocycles. The fourth-order valence-corrected chi connectivity index (χ4v) is 2.28. The summed E-state index contributed by atoms with van der Waals surface area (Å²) in [7, 11) is 0. The number of nitrogens with zero attached hydrogens (tertiary/aromatic N) is 3. The summed E-state index contributed by atoms with van der Waals surface area (Å²) in [6, 6.07) is 0. The first-order valence-electron chi connectivity index (χ1n) is 7.35. The Morgan fingerprint density at radius 2 is 1.50 bits per heavy atom. The molecule has 1 heterocycles. The van der Waals surface area contributed by atoms with Gasteiger partial charge in [0.25, 0.3) is 0 Å². The lowest BCUT2D eigenvalue weighted by molar-refractivity contribution is 0.264. The van der Waals surface area contributed by atoms with Gasteiger partial charge in [0.05, 0.1) is 0 Å².